The Morgan fingerprint density at radius 2 is 2.26 bits per heavy atom. The maximum Gasteiger partial charge on any atom is 0.309 e. The van der Waals surface area contributed by atoms with E-state index < -0.39 is 5.97 Å². The Hall–Kier alpha value is -1.92. The van der Waals surface area contributed by atoms with Crippen molar-refractivity contribution in [3.8, 4) is 0 Å². The number of nitrogens with zero attached hydrogens (tertiary/aromatic N) is 1. The summed E-state index contributed by atoms with van der Waals surface area (Å²) in [4.78, 5) is 14.8. The molecule has 19 heavy (non-hydrogen) atoms. The van der Waals surface area contributed by atoms with Crippen LogP contribution in [0.1, 0.15) is 11.3 Å². The minimum Gasteiger partial charge on any atom is -0.481 e. The van der Waals surface area contributed by atoms with Gasteiger partial charge in [0.1, 0.15) is 0 Å². The first kappa shape index (κ1) is 13.5. The van der Waals surface area contributed by atoms with Crippen molar-refractivity contribution in [3.63, 3.8) is 0 Å². The van der Waals surface area contributed by atoms with Crippen LogP contribution < -0.4 is 5.32 Å². The van der Waals surface area contributed by atoms with Crippen LogP contribution in [-0.4, -0.2) is 23.2 Å². The van der Waals surface area contributed by atoms with E-state index >= 15 is 0 Å². The van der Waals surface area contributed by atoms with Crippen molar-refractivity contribution in [2.24, 2.45) is 0 Å². The van der Waals surface area contributed by atoms with Gasteiger partial charge >= 0.3 is 5.97 Å². The van der Waals surface area contributed by atoms with E-state index in [-0.39, 0.29) is 6.42 Å². The second-order valence-electron chi connectivity index (χ2n) is 3.93. The van der Waals surface area contributed by atoms with E-state index in [1.54, 1.807) is 12.5 Å². The smallest absolute Gasteiger partial charge is 0.309 e. The summed E-state index contributed by atoms with van der Waals surface area (Å²) in [5.74, 6) is -0.878. The summed E-state index contributed by atoms with van der Waals surface area (Å²) in [7, 11) is 1.64. The summed E-state index contributed by atoms with van der Waals surface area (Å²) in [6.45, 7) is 0.510. The predicted octanol–water partition coefficient (Wildman–Crippen LogP) is 2.66. The number of carboxylic acid groups (broad SMARTS) is 1. The van der Waals surface area contributed by atoms with Crippen molar-refractivity contribution < 1.29 is 14.6 Å². The highest BCUT2D eigenvalue weighted by atomic mass is 32.1. The molecule has 1 aromatic heterocycles. The number of methoxy groups -OCH3 is 1. The second-order valence-corrected chi connectivity index (χ2v) is 4.79. The Balaban J connectivity index is 2.12. The van der Waals surface area contributed by atoms with Crippen LogP contribution >= 0.6 is 11.3 Å². The maximum absolute atomic E-state index is 10.6. The van der Waals surface area contributed by atoms with E-state index in [9.17, 15) is 4.79 Å². The minimum atomic E-state index is -0.878. The van der Waals surface area contributed by atoms with Gasteiger partial charge in [-0.25, -0.2) is 4.98 Å². The fraction of sp³-hybridized carbons (Fsp3) is 0.231. The molecule has 0 radical (unpaired) electrons. The van der Waals surface area contributed by atoms with Crippen molar-refractivity contribution in [1.82, 2.24) is 4.98 Å². The molecule has 2 rings (SSSR count). The lowest BCUT2D eigenvalue weighted by atomic mass is 10.2. The van der Waals surface area contributed by atoms with Gasteiger partial charge < -0.3 is 15.2 Å². The molecule has 5 nitrogen and oxygen atoms in total. The number of carboxylic acids is 1. The summed E-state index contributed by atoms with van der Waals surface area (Å²) < 4.78 is 5.13. The number of ether oxygens (including phenoxy) is 1. The van der Waals surface area contributed by atoms with E-state index in [1.165, 1.54) is 11.3 Å². The second kappa shape index (κ2) is 6.31. The zero-order valence-electron chi connectivity index (χ0n) is 10.4. The van der Waals surface area contributed by atoms with Crippen molar-refractivity contribution in [2.45, 2.75) is 13.0 Å². The SMILES string of the molecule is COCc1ccccc1Nc1nc(CC(=O)O)cs1. The molecule has 0 aliphatic heterocycles. The third-order valence-corrected chi connectivity index (χ3v) is 3.25. The van der Waals surface area contributed by atoms with Crippen LogP contribution in [0.4, 0.5) is 10.8 Å². The molecule has 2 N–H and O–H groups in total. The van der Waals surface area contributed by atoms with Crippen LogP contribution in [0.25, 0.3) is 0 Å². The number of hydrogen-bond acceptors (Lipinski definition) is 5. The fourth-order valence-electron chi connectivity index (χ4n) is 1.64. The Morgan fingerprint density at radius 1 is 1.47 bits per heavy atom. The largest absolute Gasteiger partial charge is 0.481 e. The molecule has 0 saturated heterocycles. The number of aromatic nitrogens is 1. The zero-order chi connectivity index (χ0) is 13.7. The molecule has 0 fully saturated rings. The predicted molar refractivity (Wildman–Crippen MR) is 73.9 cm³/mol. The van der Waals surface area contributed by atoms with Gasteiger partial charge in [0.25, 0.3) is 0 Å². The van der Waals surface area contributed by atoms with E-state index in [1.807, 2.05) is 24.3 Å². The average Bonchev–Trinajstić information content (AvgIpc) is 2.78. The summed E-state index contributed by atoms with van der Waals surface area (Å²) >= 11 is 1.39. The quantitative estimate of drug-likeness (QED) is 0.850. The van der Waals surface area contributed by atoms with E-state index in [0.717, 1.165) is 11.3 Å². The highest BCUT2D eigenvalue weighted by Gasteiger charge is 2.08. The van der Waals surface area contributed by atoms with E-state index in [0.29, 0.717) is 17.4 Å². The molecule has 0 saturated carbocycles. The van der Waals surface area contributed by atoms with Crippen LogP contribution in [-0.2, 0) is 22.6 Å². The monoisotopic (exact) mass is 278 g/mol. The highest BCUT2D eigenvalue weighted by Crippen LogP contribution is 2.24. The number of rotatable bonds is 6. The highest BCUT2D eigenvalue weighted by molar-refractivity contribution is 7.13. The van der Waals surface area contributed by atoms with Gasteiger partial charge in [0.05, 0.1) is 18.7 Å². The molecule has 0 unspecified atom stereocenters. The Labute approximate surface area is 114 Å². The van der Waals surface area contributed by atoms with Crippen LogP contribution in [0.5, 0.6) is 0 Å². The normalized spacial score (nSPS) is 10.4. The summed E-state index contributed by atoms with van der Waals surface area (Å²) in [6, 6.07) is 7.77. The number of para-hydroxylation sites is 1. The third-order valence-electron chi connectivity index (χ3n) is 2.44. The molecule has 0 bridgehead atoms. The zero-order valence-corrected chi connectivity index (χ0v) is 11.2. The molecule has 6 heteroatoms. The number of carbonyl (C=O) groups is 1. The number of thiazole rings is 1. The van der Waals surface area contributed by atoms with Gasteiger partial charge in [0, 0.05) is 23.7 Å². The van der Waals surface area contributed by atoms with Gasteiger partial charge in [-0.15, -0.1) is 11.3 Å². The lowest BCUT2D eigenvalue weighted by molar-refractivity contribution is -0.136. The number of benzene rings is 1. The van der Waals surface area contributed by atoms with Gasteiger partial charge in [0.15, 0.2) is 5.13 Å². The van der Waals surface area contributed by atoms with E-state index in [2.05, 4.69) is 10.3 Å². The number of anilines is 2. The summed E-state index contributed by atoms with van der Waals surface area (Å²) in [6.07, 6.45) is -0.0576. The average molecular weight is 278 g/mol. The molecule has 0 aliphatic carbocycles. The number of nitrogens with one attached hydrogen (secondary N) is 1. The van der Waals surface area contributed by atoms with Gasteiger partial charge in [-0.05, 0) is 6.07 Å². The standard InChI is InChI=1S/C13H14N2O3S/c1-18-7-9-4-2-3-5-11(9)15-13-14-10(8-19-13)6-12(16)17/h2-5,8H,6-7H2,1H3,(H,14,15)(H,16,17). The summed E-state index contributed by atoms with van der Waals surface area (Å²) in [5, 5.41) is 14.3. The molecule has 0 atom stereocenters. The Bertz CT molecular complexity index is 569. The van der Waals surface area contributed by atoms with Gasteiger partial charge in [0.2, 0.25) is 0 Å². The Kier molecular flexibility index (Phi) is 4.48. The maximum atomic E-state index is 10.6. The molecule has 0 spiro atoms. The molecular formula is C13H14N2O3S. The van der Waals surface area contributed by atoms with Crippen LogP contribution in [0.3, 0.4) is 0 Å². The first-order chi connectivity index (χ1) is 9.19. The van der Waals surface area contributed by atoms with Crippen molar-refractivity contribution in [3.05, 3.63) is 40.9 Å². The van der Waals surface area contributed by atoms with Crippen molar-refractivity contribution in [1.29, 1.82) is 0 Å². The van der Waals surface area contributed by atoms with Crippen molar-refractivity contribution in [2.75, 3.05) is 12.4 Å². The number of hydrogen-bond donors (Lipinski definition) is 2. The number of aliphatic carboxylic acids is 1. The lowest BCUT2D eigenvalue weighted by Gasteiger charge is -2.08. The van der Waals surface area contributed by atoms with Gasteiger partial charge in [-0.1, -0.05) is 18.2 Å². The topological polar surface area (TPSA) is 71.5 Å². The summed E-state index contributed by atoms with van der Waals surface area (Å²) in [5.41, 5.74) is 2.50. The van der Waals surface area contributed by atoms with Gasteiger partial charge in [-0.3, -0.25) is 4.79 Å². The molecule has 1 aromatic carbocycles. The molecule has 0 aliphatic rings. The van der Waals surface area contributed by atoms with Gasteiger partial charge in [-0.2, -0.15) is 0 Å². The molecule has 2 aromatic rings. The lowest BCUT2D eigenvalue weighted by Crippen LogP contribution is -2.01. The van der Waals surface area contributed by atoms with E-state index in [4.69, 9.17) is 9.84 Å². The molecule has 1 heterocycles. The first-order valence-corrected chi connectivity index (χ1v) is 6.57. The van der Waals surface area contributed by atoms with Crippen LogP contribution in [0.2, 0.25) is 0 Å². The van der Waals surface area contributed by atoms with Crippen LogP contribution in [0.15, 0.2) is 29.6 Å². The van der Waals surface area contributed by atoms with Crippen LogP contribution in [0, 0.1) is 0 Å². The van der Waals surface area contributed by atoms with Crippen molar-refractivity contribution >= 4 is 28.1 Å². The third kappa shape index (κ3) is 3.77. The molecule has 0 amide bonds. The minimum absolute atomic E-state index is 0.0576. The Morgan fingerprint density at radius 3 is 3.00 bits per heavy atom. The molecule has 100 valence electrons. The fourth-order valence-corrected chi connectivity index (χ4v) is 2.36. The first-order valence-electron chi connectivity index (χ1n) is 5.69. The molecular weight excluding hydrogens is 264 g/mol.